The summed E-state index contributed by atoms with van der Waals surface area (Å²) in [6.45, 7) is 2.29. The maximum atomic E-state index is 11.8. The first-order valence-electron chi connectivity index (χ1n) is 6.93. The van der Waals surface area contributed by atoms with Gasteiger partial charge in [0.15, 0.2) is 0 Å². The van der Waals surface area contributed by atoms with Gasteiger partial charge in [-0.3, -0.25) is 4.79 Å². The summed E-state index contributed by atoms with van der Waals surface area (Å²) in [6.07, 6.45) is 4.93. The van der Waals surface area contributed by atoms with Crippen LogP contribution in [0.15, 0.2) is 24.3 Å². The number of para-hydroxylation sites is 2. The Hall–Kier alpha value is -1.55. The van der Waals surface area contributed by atoms with Gasteiger partial charge in [0.2, 0.25) is 5.91 Å². The molecule has 2 atom stereocenters. The topological polar surface area (TPSA) is 64.3 Å². The predicted molar refractivity (Wildman–Crippen MR) is 76.9 cm³/mol. The lowest BCUT2D eigenvalue weighted by Gasteiger charge is -2.28. The molecule has 2 rings (SSSR count). The van der Waals surface area contributed by atoms with Crippen molar-refractivity contribution in [1.82, 2.24) is 0 Å². The van der Waals surface area contributed by atoms with Crippen molar-refractivity contribution in [2.75, 3.05) is 17.7 Å². The number of benzene rings is 1. The van der Waals surface area contributed by atoms with Gasteiger partial charge in [-0.05, 0) is 30.9 Å². The zero-order chi connectivity index (χ0) is 13.7. The van der Waals surface area contributed by atoms with E-state index in [1.807, 2.05) is 12.1 Å². The smallest absolute Gasteiger partial charge is 0.250 e. The van der Waals surface area contributed by atoms with Crippen LogP contribution in [0.4, 0.5) is 11.4 Å². The van der Waals surface area contributed by atoms with Crippen LogP contribution in [-0.2, 0) is 9.53 Å². The third-order valence-electron chi connectivity index (χ3n) is 3.70. The van der Waals surface area contributed by atoms with Crippen LogP contribution in [0.3, 0.4) is 0 Å². The Labute approximate surface area is 114 Å². The van der Waals surface area contributed by atoms with E-state index in [-0.39, 0.29) is 18.6 Å². The molecule has 19 heavy (non-hydrogen) atoms. The lowest BCUT2D eigenvalue weighted by Crippen LogP contribution is -2.29. The average molecular weight is 262 g/mol. The number of ether oxygens (including phenoxy) is 1. The molecule has 0 aromatic heterocycles. The highest BCUT2D eigenvalue weighted by Crippen LogP contribution is 2.26. The number of anilines is 2. The van der Waals surface area contributed by atoms with E-state index in [2.05, 4.69) is 12.2 Å². The van der Waals surface area contributed by atoms with Gasteiger partial charge in [0.1, 0.15) is 6.61 Å². The fraction of sp³-hybridized carbons (Fsp3) is 0.533. The summed E-state index contributed by atoms with van der Waals surface area (Å²) in [5.74, 6) is 0.402. The average Bonchev–Trinajstić information content (AvgIpc) is 2.40. The molecule has 1 aliphatic carbocycles. The van der Waals surface area contributed by atoms with Crippen LogP contribution in [-0.4, -0.2) is 18.6 Å². The minimum absolute atomic E-state index is 0.101. The van der Waals surface area contributed by atoms with Crippen LogP contribution < -0.4 is 11.1 Å². The summed E-state index contributed by atoms with van der Waals surface area (Å²) in [7, 11) is 0. The molecule has 1 saturated carbocycles. The molecule has 2 unspecified atom stereocenters. The van der Waals surface area contributed by atoms with Crippen molar-refractivity contribution < 1.29 is 9.53 Å². The van der Waals surface area contributed by atoms with Crippen LogP contribution in [0.1, 0.15) is 32.6 Å². The molecule has 0 aliphatic heterocycles. The van der Waals surface area contributed by atoms with Gasteiger partial charge in [0, 0.05) is 0 Å². The fourth-order valence-electron chi connectivity index (χ4n) is 2.51. The maximum absolute atomic E-state index is 11.8. The van der Waals surface area contributed by atoms with Crippen molar-refractivity contribution >= 4 is 17.3 Å². The maximum Gasteiger partial charge on any atom is 0.250 e. The SMILES string of the molecule is CC1CCCCC1OCC(=O)Nc1ccccc1N. The summed E-state index contributed by atoms with van der Waals surface area (Å²) < 4.78 is 5.72. The van der Waals surface area contributed by atoms with Crippen molar-refractivity contribution in [2.45, 2.75) is 38.7 Å². The van der Waals surface area contributed by atoms with Crippen molar-refractivity contribution in [3.05, 3.63) is 24.3 Å². The highest BCUT2D eigenvalue weighted by atomic mass is 16.5. The zero-order valence-corrected chi connectivity index (χ0v) is 11.4. The molecule has 3 N–H and O–H groups in total. The van der Waals surface area contributed by atoms with Crippen molar-refractivity contribution in [3.8, 4) is 0 Å². The summed E-state index contributed by atoms with van der Waals surface area (Å²) in [4.78, 5) is 11.8. The first-order chi connectivity index (χ1) is 9.16. The molecule has 0 radical (unpaired) electrons. The molecule has 0 bridgehead atoms. The third kappa shape index (κ3) is 3.96. The molecule has 1 aliphatic rings. The van der Waals surface area contributed by atoms with Gasteiger partial charge < -0.3 is 15.8 Å². The van der Waals surface area contributed by atoms with E-state index in [9.17, 15) is 4.79 Å². The summed E-state index contributed by atoms with van der Waals surface area (Å²) in [6, 6.07) is 7.23. The number of hydrogen-bond acceptors (Lipinski definition) is 3. The summed E-state index contributed by atoms with van der Waals surface area (Å²) in [5.41, 5.74) is 6.99. The van der Waals surface area contributed by atoms with Gasteiger partial charge in [0.25, 0.3) is 0 Å². The van der Waals surface area contributed by atoms with Crippen molar-refractivity contribution in [3.63, 3.8) is 0 Å². The standard InChI is InChI=1S/C15H22N2O2/c1-11-6-2-5-9-14(11)19-10-15(18)17-13-8-4-3-7-12(13)16/h3-4,7-8,11,14H,2,5-6,9-10,16H2,1H3,(H,17,18). The molecule has 1 aromatic carbocycles. The van der Waals surface area contributed by atoms with E-state index in [4.69, 9.17) is 10.5 Å². The van der Waals surface area contributed by atoms with E-state index in [1.54, 1.807) is 12.1 Å². The minimum atomic E-state index is -0.143. The molecular weight excluding hydrogens is 240 g/mol. The molecule has 1 aromatic rings. The number of amides is 1. The number of hydrogen-bond donors (Lipinski definition) is 2. The first-order valence-corrected chi connectivity index (χ1v) is 6.93. The Bertz CT molecular complexity index is 434. The number of nitrogens with two attached hydrogens (primary N) is 1. The molecule has 0 saturated heterocycles. The quantitative estimate of drug-likeness (QED) is 0.820. The highest BCUT2D eigenvalue weighted by molar-refractivity contribution is 5.94. The lowest BCUT2D eigenvalue weighted by atomic mass is 9.88. The number of carbonyl (C=O) groups is 1. The zero-order valence-electron chi connectivity index (χ0n) is 11.4. The Morgan fingerprint density at radius 3 is 2.84 bits per heavy atom. The molecule has 1 fully saturated rings. The number of carbonyl (C=O) groups excluding carboxylic acids is 1. The van der Waals surface area contributed by atoms with Crippen LogP contribution >= 0.6 is 0 Å². The van der Waals surface area contributed by atoms with E-state index >= 15 is 0 Å². The van der Waals surface area contributed by atoms with Crippen molar-refractivity contribution in [1.29, 1.82) is 0 Å². The summed E-state index contributed by atoms with van der Waals surface area (Å²) >= 11 is 0. The largest absolute Gasteiger partial charge is 0.397 e. The second kappa shape index (κ2) is 6.57. The van der Waals surface area contributed by atoms with E-state index in [0.717, 1.165) is 6.42 Å². The van der Waals surface area contributed by atoms with Gasteiger partial charge in [-0.2, -0.15) is 0 Å². The normalized spacial score (nSPS) is 23.0. The van der Waals surface area contributed by atoms with Crippen molar-refractivity contribution in [2.24, 2.45) is 5.92 Å². The minimum Gasteiger partial charge on any atom is -0.397 e. The molecule has 104 valence electrons. The van der Waals surface area contributed by atoms with E-state index < -0.39 is 0 Å². The Kier molecular flexibility index (Phi) is 4.80. The molecule has 1 amide bonds. The Morgan fingerprint density at radius 1 is 1.37 bits per heavy atom. The fourth-order valence-corrected chi connectivity index (χ4v) is 2.51. The number of nitrogen functional groups attached to an aromatic ring is 1. The van der Waals surface area contributed by atoms with E-state index in [1.165, 1.54) is 19.3 Å². The van der Waals surface area contributed by atoms with Crippen LogP contribution in [0.25, 0.3) is 0 Å². The molecule has 4 heteroatoms. The van der Waals surface area contributed by atoms with Gasteiger partial charge in [-0.15, -0.1) is 0 Å². The number of rotatable bonds is 4. The number of nitrogens with one attached hydrogen (secondary N) is 1. The van der Waals surface area contributed by atoms with Crippen LogP contribution in [0, 0.1) is 5.92 Å². The Balaban J connectivity index is 1.80. The first kappa shape index (κ1) is 13.9. The summed E-state index contributed by atoms with van der Waals surface area (Å²) in [5, 5.41) is 2.78. The lowest BCUT2D eigenvalue weighted by molar-refractivity contribution is -0.124. The second-order valence-electron chi connectivity index (χ2n) is 5.25. The third-order valence-corrected chi connectivity index (χ3v) is 3.70. The van der Waals surface area contributed by atoms with Gasteiger partial charge in [-0.25, -0.2) is 0 Å². The molecule has 0 spiro atoms. The Morgan fingerprint density at radius 2 is 2.11 bits per heavy atom. The van der Waals surface area contributed by atoms with Gasteiger partial charge in [-0.1, -0.05) is 31.9 Å². The predicted octanol–water partition coefficient (Wildman–Crippen LogP) is 2.80. The van der Waals surface area contributed by atoms with E-state index in [0.29, 0.717) is 17.3 Å². The van der Waals surface area contributed by atoms with Crippen LogP contribution in [0.2, 0.25) is 0 Å². The van der Waals surface area contributed by atoms with Crippen LogP contribution in [0.5, 0.6) is 0 Å². The molecule has 4 nitrogen and oxygen atoms in total. The highest BCUT2D eigenvalue weighted by Gasteiger charge is 2.22. The second-order valence-corrected chi connectivity index (χ2v) is 5.25. The molecular formula is C15H22N2O2. The monoisotopic (exact) mass is 262 g/mol. The van der Waals surface area contributed by atoms with Gasteiger partial charge in [0.05, 0.1) is 17.5 Å². The molecule has 0 heterocycles. The van der Waals surface area contributed by atoms with Gasteiger partial charge >= 0.3 is 0 Å².